The summed E-state index contributed by atoms with van der Waals surface area (Å²) in [6.45, 7) is 0. The van der Waals surface area contributed by atoms with E-state index in [1.807, 2.05) is 35.7 Å². The number of ether oxygens (including phenoxy) is 1. The topological polar surface area (TPSA) is 9.23 Å². The molecule has 0 unspecified atom stereocenters. The maximum absolute atomic E-state index is 5.25. The van der Waals surface area contributed by atoms with E-state index < -0.39 is 0 Å². The maximum atomic E-state index is 5.25. The summed E-state index contributed by atoms with van der Waals surface area (Å²) in [5.41, 5.74) is 6.11. The summed E-state index contributed by atoms with van der Waals surface area (Å²) in [4.78, 5) is 2.45. The Morgan fingerprint density at radius 3 is 2.00 bits per heavy atom. The molecule has 1 aliphatic rings. The zero-order chi connectivity index (χ0) is 15.2. The van der Waals surface area contributed by atoms with Crippen molar-refractivity contribution in [2.75, 3.05) is 18.6 Å². The summed E-state index contributed by atoms with van der Waals surface area (Å²) in [6.07, 6.45) is 1.22. The lowest BCUT2D eigenvalue weighted by Gasteiger charge is -2.12. The Labute approximate surface area is 140 Å². The van der Waals surface area contributed by atoms with Gasteiger partial charge in [-0.1, -0.05) is 36.1 Å². The fourth-order valence-electron chi connectivity index (χ4n) is 2.23. The summed E-state index contributed by atoms with van der Waals surface area (Å²) in [5, 5.41) is 0. The lowest BCUT2D eigenvalue weighted by atomic mass is 10.2. The molecule has 1 aliphatic heterocycles. The van der Waals surface area contributed by atoms with Crippen molar-refractivity contribution in [1.82, 2.24) is 0 Å². The van der Waals surface area contributed by atoms with Gasteiger partial charge in [-0.3, -0.25) is 0 Å². The van der Waals surface area contributed by atoms with Crippen LogP contribution in [-0.4, -0.2) is 18.6 Å². The van der Waals surface area contributed by atoms with Crippen molar-refractivity contribution in [3.05, 3.63) is 71.5 Å². The van der Waals surface area contributed by atoms with Crippen LogP contribution in [0, 0.1) is 0 Å². The van der Waals surface area contributed by atoms with Gasteiger partial charge in [-0.15, -0.1) is 23.5 Å². The molecule has 0 N–H and O–H groups in total. The van der Waals surface area contributed by atoms with Crippen molar-refractivity contribution in [2.24, 2.45) is 0 Å². The largest absolute Gasteiger partial charge is 0.497 e. The Kier molecular flexibility index (Phi) is 5.33. The van der Waals surface area contributed by atoms with Crippen LogP contribution in [0.4, 0.5) is 0 Å². The van der Waals surface area contributed by atoms with E-state index in [2.05, 4.69) is 48.2 Å². The van der Waals surface area contributed by atoms with Crippen molar-refractivity contribution in [2.45, 2.75) is 6.42 Å². The molecule has 0 amide bonds. The molecule has 0 radical (unpaired) electrons. The van der Waals surface area contributed by atoms with E-state index in [0.717, 1.165) is 17.3 Å². The van der Waals surface area contributed by atoms with Gasteiger partial charge in [0, 0.05) is 0 Å². The summed E-state index contributed by atoms with van der Waals surface area (Å²) < 4.78 is 5.25. The molecule has 0 atom stereocenters. The molecule has 0 saturated heterocycles. The molecule has 3 heteroatoms. The van der Waals surface area contributed by atoms with Gasteiger partial charge >= 0.3 is 0 Å². The molecule has 112 valence electrons. The normalized spacial score (nSPS) is 15.3. The monoisotopic (exact) mass is 326 g/mol. The predicted molar refractivity (Wildman–Crippen MR) is 99.3 cm³/mol. The van der Waals surface area contributed by atoms with Gasteiger partial charge in [0.2, 0.25) is 0 Å². The number of hydrogen-bond donors (Lipinski definition) is 0. The molecule has 0 saturated carbocycles. The highest BCUT2D eigenvalue weighted by Gasteiger charge is 2.09. The van der Waals surface area contributed by atoms with Gasteiger partial charge in [0.25, 0.3) is 0 Å². The Bertz CT molecular complexity index is 683. The third kappa shape index (κ3) is 3.80. The number of methoxy groups -OCH3 is 1. The molecule has 1 heterocycles. The first-order valence-corrected chi connectivity index (χ1v) is 9.30. The smallest absolute Gasteiger partial charge is 0.118 e. The Morgan fingerprint density at radius 1 is 0.818 bits per heavy atom. The molecule has 0 bridgehead atoms. The molecular formula is C19H18OS2. The molecule has 1 nitrogen and oxygen atoms in total. The van der Waals surface area contributed by atoms with Crippen molar-refractivity contribution < 1.29 is 4.74 Å². The Hall–Kier alpha value is -1.54. The lowest BCUT2D eigenvalue weighted by Crippen LogP contribution is -1.91. The van der Waals surface area contributed by atoms with Crippen LogP contribution in [-0.2, 0) is 0 Å². The van der Waals surface area contributed by atoms with Crippen molar-refractivity contribution in [1.29, 1.82) is 0 Å². The SMILES string of the molecule is COc1ccc(C2=C=C(c3ccccc3)SCCCS2)cc1. The van der Waals surface area contributed by atoms with Gasteiger partial charge in [0.05, 0.1) is 16.9 Å². The highest BCUT2D eigenvalue weighted by Crippen LogP contribution is 2.36. The van der Waals surface area contributed by atoms with E-state index in [-0.39, 0.29) is 0 Å². The minimum absolute atomic E-state index is 0.891. The van der Waals surface area contributed by atoms with Crippen LogP contribution >= 0.6 is 23.5 Å². The standard InChI is InChI=1S/C19H18OS2/c1-20-17-10-8-16(9-11-17)19-14-18(21-12-5-13-22-19)15-6-3-2-4-7-15/h2-4,6-11H,5,12-13H2,1H3. The van der Waals surface area contributed by atoms with E-state index >= 15 is 0 Å². The molecule has 0 aliphatic carbocycles. The molecular weight excluding hydrogens is 308 g/mol. The van der Waals surface area contributed by atoms with Crippen LogP contribution in [0.5, 0.6) is 5.75 Å². The Balaban J connectivity index is 2.05. The minimum atomic E-state index is 0.891. The molecule has 0 aromatic heterocycles. The predicted octanol–water partition coefficient (Wildman–Crippen LogP) is 5.55. The van der Waals surface area contributed by atoms with E-state index in [9.17, 15) is 0 Å². The van der Waals surface area contributed by atoms with E-state index in [1.54, 1.807) is 7.11 Å². The van der Waals surface area contributed by atoms with Gasteiger partial charge < -0.3 is 4.74 Å². The van der Waals surface area contributed by atoms with Gasteiger partial charge in [0.15, 0.2) is 0 Å². The maximum Gasteiger partial charge on any atom is 0.118 e. The van der Waals surface area contributed by atoms with Crippen LogP contribution in [0.3, 0.4) is 0 Å². The van der Waals surface area contributed by atoms with Gasteiger partial charge in [0.1, 0.15) is 5.75 Å². The van der Waals surface area contributed by atoms with Crippen LogP contribution in [0.2, 0.25) is 0 Å². The van der Waals surface area contributed by atoms with Crippen molar-refractivity contribution in [3.8, 4) is 5.75 Å². The molecule has 2 aromatic rings. The fourth-order valence-corrected chi connectivity index (χ4v) is 4.41. The number of hydrogen-bond acceptors (Lipinski definition) is 3. The van der Waals surface area contributed by atoms with Crippen LogP contribution < -0.4 is 4.74 Å². The molecule has 2 aromatic carbocycles. The first-order valence-electron chi connectivity index (χ1n) is 7.33. The van der Waals surface area contributed by atoms with Crippen molar-refractivity contribution >= 4 is 33.3 Å². The second-order valence-electron chi connectivity index (χ2n) is 4.93. The molecule has 3 rings (SSSR count). The minimum Gasteiger partial charge on any atom is -0.497 e. The first-order chi connectivity index (χ1) is 10.9. The first kappa shape index (κ1) is 15.4. The fraction of sp³-hybridized carbons (Fsp3) is 0.211. The van der Waals surface area contributed by atoms with Crippen LogP contribution in [0.25, 0.3) is 9.81 Å². The lowest BCUT2D eigenvalue weighted by molar-refractivity contribution is 0.415. The number of rotatable bonds is 3. The summed E-state index contributed by atoms with van der Waals surface area (Å²) in [7, 11) is 1.70. The quantitative estimate of drug-likeness (QED) is 0.685. The van der Waals surface area contributed by atoms with E-state index in [1.165, 1.54) is 27.4 Å². The summed E-state index contributed by atoms with van der Waals surface area (Å²) >= 11 is 3.80. The second-order valence-corrected chi connectivity index (χ2v) is 7.14. The van der Waals surface area contributed by atoms with Gasteiger partial charge in [-0.2, -0.15) is 0 Å². The number of benzene rings is 2. The zero-order valence-corrected chi connectivity index (χ0v) is 14.2. The summed E-state index contributed by atoms with van der Waals surface area (Å²) in [5.74, 6) is 3.19. The van der Waals surface area contributed by atoms with Crippen LogP contribution in [0.15, 0.2) is 60.3 Å². The molecule has 22 heavy (non-hydrogen) atoms. The third-order valence-electron chi connectivity index (χ3n) is 3.40. The number of thioether (sulfide) groups is 2. The highest BCUT2D eigenvalue weighted by atomic mass is 32.2. The Morgan fingerprint density at radius 2 is 1.41 bits per heavy atom. The highest BCUT2D eigenvalue weighted by molar-refractivity contribution is 8.09. The van der Waals surface area contributed by atoms with E-state index in [0.29, 0.717) is 0 Å². The van der Waals surface area contributed by atoms with Gasteiger partial charge in [-0.05, 0) is 53.3 Å². The summed E-state index contributed by atoms with van der Waals surface area (Å²) in [6, 6.07) is 18.8. The second kappa shape index (κ2) is 7.64. The molecule has 0 spiro atoms. The molecule has 0 fully saturated rings. The third-order valence-corrected chi connectivity index (χ3v) is 5.64. The van der Waals surface area contributed by atoms with Gasteiger partial charge in [-0.25, -0.2) is 0 Å². The zero-order valence-electron chi connectivity index (χ0n) is 12.5. The van der Waals surface area contributed by atoms with Crippen LogP contribution in [0.1, 0.15) is 17.5 Å². The van der Waals surface area contributed by atoms with E-state index in [4.69, 9.17) is 4.74 Å². The van der Waals surface area contributed by atoms with Crippen molar-refractivity contribution in [3.63, 3.8) is 0 Å². The average Bonchev–Trinajstić information content (AvgIpc) is 2.56. The average molecular weight is 326 g/mol.